The summed E-state index contributed by atoms with van der Waals surface area (Å²) in [4.78, 5) is 46.8. The van der Waals surface area contributed by atoms with E-state index in [1.165, 1.54) is 31.2 Å². The number of Topliss-reactive ketones (excluding diaryl/α,β-unsaturated/α-hetero) is 1. The van der Waals surface area contributed by atoms with E-state index in [-0.39, 0.29) is 35.3 Å². The van der Waals surface area contributed by atoms with Crippen LogP contribution in [0.5, 0.6) is 5.75 Å². The molecule has 0 amide bonds. The fourth-order valence-corrected chi connectivity index (χ4v) is 3.21. The van der Waals surface area contributed by atoms with Crippen LogP contribution in [0.4, 0.5) is 13.6 Å². The Morgan fingerprint density at radius 3 is 2.39 bits per heavy atom. The third-order valence-corrected chi connectivity index (χ3v) is 5.02. The predicted molar refractivity (Wildman–Crippen MR) is 108 cm³/mol. The Balaban J connectivity index is 2.22. The van der Waals surface area contributed by atoms with Crippen LogP contribution < -0.4 is 4.74 Å². The highest BCUT2D eigenvalue weighted by atomic mass is 32.2. The van der Waals surface area contributed by atoms with Crippen LogP contribution in [0.1, 0.15) is 30.1 Å². The molecule has 1 unspecified atom stereocenters. The van der Waals surface area contributed by atoms with Crippen molar-refractivity contribution in [3.05, 3.63) is 53.6 Å². The van der Waals surface area contributed by atoms with Gasteiger partial charge in [-0.15, -0.1) is 0 Å². The second-order valence-corrected chi connectivity index (χ2v) is 7.58. The van der Waals surface area contributed by atoms with Crippen LogP contribution in [0, 0.1) is 11.6 Å². The van der Waals surface area contributed by atoms with Gasteiger partial charge in [0.15, 0.2) is 0 Å². The third-order valence-electron chi connectivity index (χ3n) is 4.13. The Bertz CT molecular complexity index is 1020. The first-order valence-corrected chi connectivity index (χ1v) is 9.81. The first kappa shape index (κ1) is 24.0. The molecule has 0 heterocycles. The fourth-order valence-electron chi connectivity index (χ4n) is 2.54. The van der Waals surface area contributed by atoms with Crippen LogP contribution in [-0.2, 0) is 14.3 Å². The molecule has 0 aliphatic carbocycles. The van der Waals surface area contributed by atoms with Gasteiger partial charge in [-0.3, -0.25) is 9.59 Å². The molecule has 1 N–H and O–H groups in total. The number of rotatable bonds is 8. The van der Waals surface area contributed by atoms with Crippen LogP contribution in [0.3, 0.4) is 0 Å². The van der Waals surface area contributed by atoms with E-state index in [1.807, 2.05) is 0 Å². The minimum atomic E-state index is -1.13. The molecule has 0 saturated carbocycles. The molecule has 0 radical (unpaired) electrons. The molecular formula is C21H18F2O7S. The van der Waals surface area contributed by atoms with E-state index >= 15 is 0 Å². The number of carboxylic acids is 1. The molecule has 0 spiro atoms. The Morgan fingerprint density at radius 2 is 1.77 bits per heavy atom. The van der Waals surface area contributed by atoms with Gasteiger partial charge in [-0.25, -0.2) is 18.4 Å². The number of esters is 1. The van der Waals surface area contributed by atoms with Gasteiger partial charge < -0.3 is 14.6 Å². The van der Waals surface area contributed by atoms with Crippen LogP contribution in [-0.4, -0.2) is 40.5 Å². The second-order valence-electron chi connectivity index (χ2n) is 6.30. The van der Waals surface area contributed by atoms with E-state index in [4.69, 9.17) is 9.84 Å². The highest BCUT2D eigenvalue weighted by Gasteiger charge is 2.23. The van der Waals surface area contributed by atoms with Gasteiger partial charge in [0.05, 0.1) is 18.8 Å². The molecule has 0 aliphatic rings. The summed E-state index contributed by atoms with van der Waals surface area (Å²) in [6.45, 7) is 1.43. The van der Waals surface area contributed by atoms with Crippen LogP contribution in [0.2, 0.25) is 0 Å². The lowest BCUT2D eigenvalue weighted by Gasteiger charge is -2.13. The van der Waals surface area contributed by atoms with Crippen molar-refractivity contribution < 1.29 is 42.5 Å². The number of carbonyl (C=O) groups excluding carboxylic acids is 3. The van der Waals surface area contributed by atoms with E-state index < -0.39 is 39.9 Å². The Hall–Kier alpha value is -3.27. The number of ether oxygens (including phenoxy) is 2. The Kier molecular flexibility index (Phi) is 8.26. The quantitative estimate of drug-likeness (QED) is 0.585. The number of carboxylic acid groups (broad SMARTS) is 1. The van der Waals surface area contributed by atoms with E-state index in [1.54, 1.807) is 0 Å². The van der Waals surface area contributed by atoms with E-state index in [9.17, 15) is 28.0 Å². The lowest BCUT2D eigenvalue weighted by molar-refractivity contribution is -0.138. The maximum atomic E-state index is 14.1. The zero-order valence-corrected chi connectivity index (χ0v) is 17.3. The molecule has 0 aliphatic heterocycles. The standard InChI is InChI=1S/C21H18F2O7S/c1-11(17(24)6-8-19(25)26)31-21(28)30-18-7-3-12(9-15(18)20(27)29-2)14-5-4-13(22)10-16(14)23/h3-5,7,9-11H,6,8H2,1-2H3,(H,25,26). The molecule has 2 rings (SSSR count). The van der Waals surface area contributed by atoms with Crippen LogP contribution in [0.25, 0.3) is 11.1 Å². The zero-order chi connectivity index (χ0) is 23.1. The van der Waals surface area contributed by atoms with Crippen molar-refractivity contribution in [1.29, 1.82) is 0 Å². The summed E-state index contributed by atoms with van der Waals surface area (Å²) in [7, 11) is 1.11. The van der Waals surface area contributed by atoms with Gasteiger partial charge in [0, 0.05) is 18.1 Å². The van der Waals surface area contributed by atoms with E-state index in [0.717, 1.165) is 13.2 Å². The van der Waals surface area contributed by atoms with Crippen LogP contribution in [0.15, 0.2) is 36.4 Å². The first-order valence-electron chi connectivity index (χ1n) is 8.93. The van der Waals surface area contributed by atoms with Gasteiger partial charge in [0.2, 0.25) is 0 Å². The Morgan fingerprint density at radius 1 is 1.06 bits per heavy atom. The third kappa shape index (κ3) is 6.61. The molecule has 10 heteroatoms. The molecule has 0 bridgehead atoms. The topological polar surface area (TPSA) is 107 Å². The highest BCUT2D eigenvalue weighted by Crippen LogP contribution is 2.31. The van der Waals surface area contributed by atoms with Crippen molar-refractivity contribution in [1.82, 2.24) is 0 Å². The minimum Gasteiger partial charge on any atom is -0.481 e. The average molecular weight is 452 g/mol. The van der Waals surface area contributed by atoms with Crippen molar-refractivity contribution in [2.75, 3.05) is 7.11 Å². The molecule has 0 aromatic heterocycles. The summed E-state index contributed by atoms with van der Waals surface area (Å²) >= 11 is 0.529. The summed E-state index contributed by atoms with van der Waals surface area (Å²) < 4.78 is 37.1. The fraction of sp³-hybridized carbons (Fsp3) is 0.238. The van der Waals surface area contributed by atoms with Crippen molar-refractivity contribution in [2.45, 2.75) is 25.0 Å². The largest absolute Gasteiger partial charge is 0.481 e. The molecule has 2 aromatic carbocycles. The zero-order valence-electron chi connectivity index (χ0n) is 16.5. The van der Waals surface area contributed by atoms with Crippen molar-refractivity contribution in [3.8, 4) is 16.9 Å². The molecule has 2 aromatic rings. The summed E-state index contributed by atoms with van der Waals surface area (Å²) in [5.74, 6) is -4.22. The summed E-state index contributed by atoms with van der Waals surface area (Å²) in [6.07, 6.45) is -0.588. The number of aliphatic carboxylic acids is 1. The summed E-state index contributed by atoms with van der Waals surface area (Å²) in [5, 5.41) is 6.86. The van der Waals surface area contributed by atoms with Gasteiger partial charge >= 0.3 is 17.2 Å². The van der Waals surface area contributed by atoms with Crippen LogP contribution >= 0.6 is 11.8 Å². The van der Waals surface area contributed by atoms with Gasteiger partial charge in [-0.2, -0.15) is 0 Å². The Labute approximate surface area is 180 Å². The molecular weight excluding hydrogens is 434 g/mol. The van der Waals surface area contributed by atoms with Gasteiger partial charge in [-0.1, -0.05) is 6.07 Å². The first-order chi connectivity index (χ1) is 14.6. The maximum Gasteiger partial charge on any atom is 0.373 e. The molecule has 0 fully saturated rings. The van der Waals surface area contributed by atoms with E-state index in [2.05, 4.69) is 4.74 Å². The number of thioether (sulfide) groups is 1. The van der Waals surface area contributed by atoms with Gasteiger partial charge in [0.25, 0.3) is 0 Å². The molecule has 0 saturated heterocycles. The average Bonchev–Trinajstić information content (AvgIpc) is 2.71. The molecule has 31 heavy (non-hydrogen) atoms. The van der Waals surface area contributed by atoms with Gasteiger partial charge in [0.1, 0.15) is 28.7 Å². The predicted octanol–water partition coefficient (Wildman–Crippen LogP) is 4.47. The number of carbonyl (C=O) groups is 4. The van der Waals surface area contributed by atoms with Crippen molar-refractivity contribution >= 4 is 34.8 Å². The lowest BCUT2D eigenvalue weighted by Crippen LogP contribution is -2.18. The second kappa shape index (κ2) is 10.7. The summed E-state index contributed by atoms with van der Waals surface area (Å²) in [6, 6.07) is 6.81. The SMILES string of the molecule is COC(=O)c1cc(-c2ccc(F)cc2F)ccc1OC(=O)SC(C)C(=O)CCC(=O)O. The minimum absolute atomic E-state index is 0.0245. The van der Waals surface area contributed by atoms with E-state index in [0.29, 0.717) is 17.8 Å². The van der Waals surface area contributed by atoms with Crippen molar-refractivity contribution in [3.63, 3.8) is 0 Å². The smallest absolute Gasteiger partial charge is 0.373 e. The lowest BCUT2D eigenvalue weighted by atomic mass is 10.0. The normalized spacial score (nSPS) is 11.5. The number of hydrogen-bond acceptors (Lipinski definition) is 7. The number of ketones is 1. The molecule has 1 atom stereocenters. The highest BCUT2D eigenvalue weighted by molar-refractivity contribution is 8.14. The number of hydrogen-bond donors (Lipinski definition) is 1. The van der Waals surface area contributed by atoms with Gasteiger partial charge in [-0.05, 0) is 48.5 Å². The molecule has 164 valence electrons. The maximum absolute atomic E-state index is 14.1. The monoisotopic (exact) mass is 452 g/mol. The molecule has 7 nitrogen and oxygen atoms in total. The van der Waals surface area contributed by atoms with Crippen molar-refractivity contribution in [2.24, 2.45) is 0 Å². The number of benzene rings is 2. The number of halogens is 2. The summed E-state index contributed by atoms with van der Waals surface area (Å²) in [5.41, 5.74) is 0.0709. The number of methoxy groups -OCH3 is 1.